The highest BCUT2D eigenvalue weighted by atomic mass is 15.5. The van der Waals surface area contributed by atoms with Crippen LogP contribution in [0.2, 0.25) is 0 Å². The molecule has 17 heavy (non-hydrogen) atoms. The summed E-state index contributed by atoms with van der Waals surface area (Å²) in [5, 5.41) is 10.7. The van der Waals surface area contributed by atoms with Crippen molar-refractivity contribution in [2.24, 2.45) is 10.3 Å². The summed E-state index contributed by atoms with van der Waals surface area (Å²) in [4.78, 5) is 0. The zero-order valence-corrected chi connectivity index (χ0v) is 10.0. The van der Waals surface area contributed by atoms with Crippen LogP contribution in [0.3, 0.4) is 0 Å². The van der Waals surface area contributed by atoms with Crippen molar-refractivity contribution in [1.82, 2.24) is 5.43 Å². The highest BCUT2D eigenvalue weighted by Gasteiger charge is 2.34. The molecule has 0 radical (unpaired) electrons. The van der Waals surface area contributed by atoms with Crippen molar-refractivity contribution >= 4 is 10.8 Å². The van der Waals surface area contributed by atoms with Gasteiger partial charge in [-0.2, -0.15) is 5.11 Å². The number of hydrogen-bond donors (Lipinski definition) is 1. The van der Waals surface area contributed by atoms with Crippen molar-refractivity contribution in [2.75, 3.05) is 0 Å². The number of nitrogens with zero attached hydrogens (tertiary/aromatic N) is 2. The van der Waals surface area contributed by atoms with Crippen LogP contribution in [0.1, 0.15) is 25.5 Å². The van der Waals surface area contributed by atoms with Gasteiger partial charge in [0.2, 0.25) is 0 Å². The van der Waals surface area contributed by atoms with Crippen LogP contribution in [0.15, 0.2) is 52.8 Å². The Morgan fingerprint density at radius 2 is 1.82 bits per heavy atom. The fourth-order valence-electron chi connectivity index (χ4n) is 2.28. The van der Waals surface area contributed by atoms with Crippen LogP contribution in [0.5, 0.6) is 0 Å². The molecule has 0 spiro atoms. The van der Waals surface area contributed by atoms with Gasteiger partial charge in [-0.3, -0.25) is 5.43 Å². The van der Waals surface area contributed by atoms with E-state index in [-0.39, 0.29) is 11.6 Å². The van der Waals surface area contributed by atoms with Crippen LogP contribution in [-0.4, -0.2) is 5.54 Å². The summed E-state index contributed by atoms with van der Waals surface area (Å²) in [6.45, 7) is 4.24. The molecule has 0 aliphatic carbocycles. The van der Waals surface area contributed by atoms with Crippen molar-refractivity contribution in [3.8, 4) is 0 Å². The summed E-state index contributed by atoms with van der Waals surface area (Å²) in [6.07, 6.45) is 0. The fourth-order valence-corrected chi connectivity index (χ4v) is 2.28. The molecule has 1 unspecified atom stereocenters. The number of fused-ring (bicyclic) bond motifs is 1. The van der Waals surface area contributed by atoms with E-state index in [1.807, 2.05) is 0 Å². The maximum Gasteiger partial charge on any atom is 0.122 e. The van der Waals surface area contributed by atoms with Crippen molar-refractivity contribution < 1.29 is 0 Å². The van der Waals surface area contributed by atoms with Gasteiger partial charge in [0.1, 0.15) is 6.04 Å². The molecule has 0 aromatic heterocycles. The third kappa shape index (κ3) is 1.68. The molecule has 86 valence electrons. The lowest BCUT2D eigenvalue weighted by atomic mass is 9.89. The van der Waals surface area contributed by atoms with E-state index >= 15 is 0 Å². The maximum atomic E-state index is 4.28. The first kappa shape index (κ1) is 10.3. The zero-order chi connectivity index (χ0) is 11.9. The van der Waals surface area contributed by atoms with Crippen LogP contribution >= 0.6 is 0 Å². The predicted octanol–water partition coefficient (Wildman–Crippen LogP) is 3.63. The quantitative estimate of drug-likeness (QED) is 0.790. The zero-order valence-electron chi connectivity index (χ0n) is 10.0. The van der Waals surface area contributed by atoms with Gasteiger partial charge in [0, 0.05) is 0 Å². The molecule has 0 bridgehead atoms. The standard InChI is InChI=1S/C14H15N3/c1-14(2)13(15-17-16-14)12-8-7-10-5-3-4-6-11(10)9-12/h3-9,13H,1-2H3,(H,15,16). The lowest BCUT2D eigenvalue weighted by Crippen LogP contribution is -2.36. The first-order valence-electron chi connectivity index (χ1n) is 5.82. The molecule has 2 aromatic carbocycles. The molecular weight excluding hydrogens is 210 g/mol. The predicted molar refractivity (Wildman–Crippen MR) is 68.8 cm³/mol. The summed E-state index contributed by atoms with van der Waals surface area (Å²) in [5.74, 6) is 0. The largest absolute Gasteiger partial charge is 0.284 e. The van der Waals surface area contributed by atoms with Gasteiger partial charge in [0.25, 0.3) is 0 Å². The molecule has 3 heteroatoms. The van der Waals surface area contributed by atoms with Crippen molar-refractivity contribution in [1.29, 1.82) is 0 Å². The van der Waals surface area contributed by atoms with Gasteiger partial charge in [0.15, 0.2) is 0 Å². The SMILES string of the molecule is CC1(C)NN=NC1c1ccc2ccccc2c1. The Balaban J connectivity index is 2.09. The van der Waals surface area contributed by atoms with E-state index < -0.39 is 0 Å². The fraction of sp³-hybridized carbons (Fsp3) is 0.286. The minimum atomic E-state index is -0.109. The van der Waals surface area contributed by atoms with Gasteiger partial charge in [-0.15, -0.1) is 0 Å². The van der Waals surface area contributed by atoms with E-state index in [0.29, 0.717) is 0 Å². The molecule has 3 nitrogen and oxygen atoms in total. The monoisotopic (exact) mass is 225 g/mol. The lowest BCUT2D eigenvalue weighted by Gasteiger charge is -2.23. The highest BCUT2D eigenvalue weighted by molar-refractivity contribution is 5.83. The molecule has 1 atom stereocenters. The smallest absolute Gasteiger partial charge is 0.122 e. The number of benzene rings is 2. The van der Waals surface area contributed by atoms with E-state index in [4.69, 9.17) is 0 Å². The summed E-state index contributed by atoms with van der Waals surface area (Å²) in [6, 6.07) is 15.0. The third-order valence-corrected chi connectivity index (χ3v) is 3.28. The van der Waals surface area contributed by atoms with Crippen LogP contribution < -0.4 is 5.43 Å². The van der Waals surface area contributed by atoms with Crippen LogP contribution in [0, 0.1) is 0 Å². The molecule has 0 amide bonds. The first-order valence-corrected chi connectivity index (χ1v) is 5.82. The molecule has 0 fully saturated rings. The van der Waals surface area contributed by atoms with Gasteiger partial charge < -0.3 is 0 Å². The highest BCUT2D eigenvalue weighted by Crippen LogP contribution is 2.34. The van der Waals surface area contributed by atoms with E-state index in [9.17, 15) is 0 Å². The van der Waals surface area contributed by atoms with Crippen molar-refractivity contribution in [3.63, 3.8) is 0 Å². The molecule has 1 heterocycles. The molecule has 1 aliphatic heterocycles. The Labute approximate surface area is 101 Å². The average Bonchev–Trinajstić information content (AvgIpc) is 2.68. The van der Waals surface area contributed by atoms with Gasteiger partial charge in [0.05, 0.1) is 5.54 Å². The Morgan fingerprint density at radius 3 is 2.53 bits per heavy atom. The average molecular weight is 225 g/mol. The van der Waals surface area contributed by atoms with Crippen molar-refractivity contribution in [3.05, 3.63) is 48.0 Å². The summed E-state index contributed by atoms with van der Waals surface area (Å²) >= 11 is 0. The molecule has 3 rings (SSSR count). The van der Waals surface area contributed by atoms with Gasteiger partial charge in [-0.05, 0) is 36.2 Å². The molecule has 1 N–H and O–H groups in total. The lowest BCUT2D eigenvalue weighted by molar-refractivity contribution is 0.391. The minimum absolute atomic E-state index is 0.0899. The van der Waals surface area contributed by atoms with Crippen LogP contribution in [0.25, 0.3) is 10.8 Å². The van der Waals surface area contributed by atoms with Gasteiger partial charge >= 0.3 is 0 Å². The Hall–Kier alpha value is -1.90. The molecule has 0 saturated carbocycles. The second-order valence-electron chi connectivity index (χ2n) is 5.06. The Kier molecular flexibility index (Phi) is 2.15. The normalized spacial score (nSPS) is 21.6. The minimum Gasteiger partial charge on any atom is -0.284 e. The molecule has 2 aromatic rings. The summed E-state index contributed by atoms with van der Waals surface area (Å²) in [5.41, 5.74) is 4.15. The van der Waals surface area contributed by atoms with Crippen LogP contribution in [-0.2, 0) is 0 Å². The number of hydrogen-bond acceptors (Lipinski definition) is 3. The van der Waals surface area contributed by atoms with Gasteiger partial charge in [-0.1, -0.05) is 41.6 Å². The third-order valence-electron chi connectivity index (χ3n) is 3.28. The number of rotatable bonds is 1. The Morgan fingerprint density at radius 1 is 1.06 bits per heavy atom. The van der Waals surface area contributed by atoms with E-state index in [0.717, 1.165) is 0 Å². The maximum absolute atomic E-state index is 4.28. The first-order chi connectivity index (χ1) is 8.17. The topological polar surface area (TPSA) is 36.8 Å². The van der Waals surface area contributed by atoms with E-state index in [2.05, 4.69) is 72.1 Å². The second-order valence-corrected chi connectivity index (χ2v) is 5.06. The van der Waals surface area contributed by atoms with E-state index in [1.165, 1.54) is 16.3 Å². The van der Waals surface area contributed by atoms with Crippen molar-refractivity contribution in [2.45, 2.75) is 25.4 Å². The Bertz CT molecular complexity index is 587. The molecule has 0 saturated heterocycles. The molecule has 1 aliphatic rings. The number of nitrogens with one attached hydrogen (secondary N) is 1. The van der Waals surface area contributed by atoms with E-state index in [1.54, 1.807) is 0 Å². The second kappa shape index (κ2) is 3.55. The summed E-state index contributed by atoms with van der Waals surface area (Å²) < 4.78 is 0. The summed E-state index contributed by atoms with van der Waals surface area (Å²) in [7, 11) is 0. The molecular formula is C14H15N3. The van der Waals surface area contributed by atoms with Crippen LogP contribution in [0.4, 0.5) is 0 Å². The van der Waals surface area contributed by atoms with Gasteiger partial charge in [-0.25, -0.2) is 0 Å².